The summed E-state index contributed by atoms with van der Waals surface area (Å²) in [6.45, 7) is 3.68. The molecule has 4 fully saturated rings. The zero-order valence-corrected chi connectivity index (χ0v) is 4.44. The monoisotopic (exact) mass is 95.1 g/mol. The van der Waals surface area contributed by atoms with Crippen molar-refractivity contribution >= 4 is 0 Å². The van der Waals surface area contributed by atoms with Crippen molar-refractivity contribution in [1.82, 2.24) is 5.32 Å². The maximum absolute atomic E-state index is 3.51. The van der Waals surface area contributed by atoms with Crippen LogP contribution in [0.25, 0.3) is 0 Å². The highest BCUT2D eigenvalue weighted by Gasteiger charge is 2.85. The third-order valence-electron chi connectivity index (χ3n) is 3.16. The Hall–Kier alpha value is -0.0400. The Morgan fingerprint density at radius 3 is 2.43 bits per heavy atom. The first kappa shape index (κ1) is 3.08. The first-order valence-electron chi connectivity index (χ1n) is 3.09. The van der Waals surface area contributed by atoms with Gasteiger partial charge in [-0.15, -0.1) is 0 Å². The summed E-state index contributed by atoms with van der Waals surface area (Å²) in [5.41, 5.74) is 0.671. The molecule has 1 nitrogen and oxygen atoms in total. The standard InChI is InChI=1S/C6H9N/c1-6-4-3(2-7-6)5(4)6/h3-5,7H,2H2,1H3. The Labute approximate surface area is 43.1 Å². The van der Waals surface area contributed by atoms with E-state index >= 15 is 0 Å². The fourth-order valence-corrected chi connectivity index (χ4v) is 2.55. The van der Waals surface area contributed by atoms with Crippen LogP contribution in [-0.4, -0.2) is 12.1 Å². The normalized spacial score (nSPS) is 81.0. The molecule has 2 atom stereocenters. The lowest BCUT2D eigenvalue weighted by molar-refractivity contribution is 0.533. The van der Waals surface area contributed by atoms with Gasteiger partial charge in [0.15, 0.2) is 0 Å². The Kier molecular flexibility index (Phi) is 0.224. The molecule has 0 radical (unpaired) electrons. The minimum atomic E-state index is 0.671. The summed E-state index contributed by atoms with van der Waals surface area (Å²) < 4.78 is 0. The van der Waals surface area contributed by atoms with Gasteiger partial charge < -0.3 is 5.32 Å². The molecule has 0 aromatic rings. The number of piperidine rings is 1. The molecule has 7 heavy (non-hydrogen) atoms. The molecule has 2 bridgehead atoms. The van der Waals surface area contributed by atoms with Crippen molar-refractivity contribution in [1.29, 1.82) is 0 Å². The molecule has 4 aliphatic rings. The van der Waals surface area contributed by atoms with Crippen LogP contribution in [0.5, 0.6) is 0 Å². The lowest BCUT2D eigenvalue weighted by atomic mass is 10.1. The third-order valence-corrected chi connectivity index (χ3v) is 3.16. The fraction of sp³-hybridized carbons (Fsp3) is 1.00. The van der Waals surface area contributed by atoms with E-state index in [1.165, 1.54) is 6.54 Å². The maximum atomic E-state index is 3.51. The van der Waals surface area contributed by atoms with E-state index in [-0.39, 0.29) is 0 Å². The van der Waals surface area contributed by atoms with E-state index in [1.807, 2.05) is 0 Å². The van der Waals surface area contributed by atoms with Crippen LogP contribution < -0.4 is 5.32 Å². The molecular formula is C6H9N. The molecule has 2 heterocycles. The Bertz CT molecular complexity index is 131. The first-order chi connectivity index (χ1) is 3.34. The van der Waals surface area contributed by atoms with Gasteiger partial charge in [0, 0.05) is 5.54 Å². The van der Waals surface area contributed by atoms with Crippen molar-refractivity contribution in [2.24, 2.45) is 17.8 Å². The van der Waals surface area contributed by atoms with E-state index in [2.05, 4.69) is 12.2 Å². The van der Waals surface area contributed by atoms with Crippen LogP contribution in [0.2, 0.25) is 0 Å². The molecule has 0 aromatic carbocycles. The van der Waals surface area contributed by atoms with Gasteiger partial charge >= 0.3 is 0 Å². The zero-order valence-electron chi connectivity index (χ0n) is 4.44. The van der Waals surface area contributed by atoms with Crippen molar-refractivity contribution in [3.63, 3.8) is 0 Å². The molecule has 2 saturated carbocycles. The lowest BCUT2D eigenvalue weighted by Gasteiger charge is -2.04. The molecule has 2 saturated heterocycles. The molecule has 0 spiro atoms. The Morgan fingerprint density at radius 2 is 2.29 bits per heavy atom. The average Bonchev–Trinajstić information content (AvgIpc) is 2.42. The molecular weight excluding hydrogens is 86.1 g/mol. The Balaban J connectivity index is 2.16. The number of hydrogen-bond acceptors (Lipinski definition) is 1. The molecule has 1 heteroatoms. The Morgan fingerprint density at radius 1 is 1.57 bits per heavy atom. The molecule has 38 valence electrons. The summed E-state index contributed by atoms with van der Waals surface area (Å²) in [5, 5.41) is 3.51. The first-order valence-corrected chi connectivity index (χ1v) is 3.09. The highest BCUT2D eigenvalue weighted by molar-refractivity contribution is 5.38. The second-order valence-corrected chi connectivity index (χ2v) is 3.38. The van der Waals surface area contributed by atoms with Crippen LogP contribution in [0.1, 0.15) is 6.92 Å². The predicted octanol–water partition coefficient (Wildman–Crippen LogP) is 0.224. The van der Waals surface area contributed by atoms with Crippen LogP contribution in [0.15, 0.2) is 0 Å². The van der Waals surface area contributed by atoms with E-state index in [4.69, 9.17) is 0 Å². The summed E-state index contributed by atoms with van der Waals surface area (Å²) >= 11 is 0. The maximum Gasteiger partial charge on any atom is 0.0223 e. The van der Waals surface area contributed by atoms with Crippen LogP contribution in [0.3, 0.4) is 0 Å². The summed E-state index contributed by atoms with van der Waals surface area (Å²) in [4.78, 5) is 0. The van der Waals surface area contributed by atoms with Gasteiger partial charge in [-0.1, -0.05) is 0 Å². The smallest absolute Gasteiger partial charge is 0.0223 e. The van der Waals surface area contributed by atoms with E-state index < -0.39 is 0 Å². The van der Waals surface area contributed by atoms with E-state index in [1.54, 1.807) is 0 Å². The topological polar surface area (TPSA) is 12.0 Å². The van der Waals surface area contributed by atoms with Crippen molar-refractivity contribution in [2.75, 3.05) is 6.54 Å². The SMILES string of the molecule is CC12NCC3C1C32. The third kappa shape index (κ3) is 0.139. The van der Waals surface area contributed by atoms with E-state index in [0.29, 0.717) is 5.54 Å². The van der Waals surface area contributed by atoms with Crippen LogP contribution >= 0.6 is 0 Å². The van der Waals surface area contributed by atoms with Crippen LogP contribution in [-0.2, 0) is 0 Å². The van der Waals surface area contributed by atoms with Gasteiger partial charge in [0.05, 0.1) is 0 Å². The summed E-state index contributed by atoms with van der Waals surface area (Å²) in [6.07, 6.45) is 0. The molecule has 4 rings (SSSR count). The van der Waals surface area contributed by atoms with Gasteiger partial charge in [0.25, 0.3) is 0 Å². The van der Waals surface area contributed by atoms with Gasteiger partial charge in [-0.3, -0.25) is 0 Å². The molecule has 2 aliphatic heterocycles. The molecule has 1 N–H and O–H groups in total. The minimum absolute atomic E-state index is 0.671. The van der Waals surface area contributed by atoms with E-state index in [0.717, 1.165) is 17.8 Å². The van der Waals surface area contributed by atoms with Gasteiger partial charge in [0.2, 0.25) is 0 Å². The van der Waals surface area contributed by atoms with Crippen molar-refractivity contribution in [3.05, 3.63) is 0 Å². The van der Waals surface area contributed by atoms with Gasteiger partial charge in [-0.2, -0.15) is 0 Å². The minimum Gasteiger partial charge on any atom is -0.311 e. The van der Waals surface area contributed by atoms with Gasteiger partial charge in [0.1, 0.15) is 0 Å². The van der Waals surface area contributed by atoms with Gasteiger partial charge in [-0.05, 0) is 31.2 Å². The second kappa shape index (κ2) is 0.510. The molecule has 2 aliphatic carbocycles. The quantitative estimate of drug-likeness (QED) is 0.454. The molecule has 2 unspecified atom stereocenters. The lowest BCUT2D eigenvalue weighted by Crippen LogP contribution is -2.23. The van der Waals surface area contributed by atoms with Gasteiger partial charge in [-0.25, -0.2) is 0 Å². The molecule has 0 aromatic heterocycles. The number of nitrogens with one attached hydrogen (secondary N) is 1. The van der Waals surface area contributed by atoms with E-state index in [9.17, 15) is 0 Å². The van der Waals surface area contributed by atoms with Crippen molar-refractivity contribution in [3.8, 4) is 0 Å². The van der Waals surface area contributed by atoms with Crippen molar-refractivity contribution in [2.45, 2.75) is 12.5 Å². The largest absolute Gasteiger partial charge is 0.311 e. The van der Waals surface area contributed by atoms with Crippen LogP contribution in [0, 0.1) is 17.8 Å². The van der Waals surface area contributed by atoms with Crippen molar-refractivity contribution < 1.29 is 0 Å². The van der Waals surface area contributed by atoms with Crippen LogP contribution in [0.4, 0.5) is 0 Å². The fourth-order valence-electron chi connectivity index (χ4n) is 2.55. The highest BCUT2D eigenvalue weighted by atomic mass is 15.2. The molecule has 0 amide bonds. The number of fused-ring (bicyclic) bond motifs is 1. The second-order valence-electron chi connectivity index (χ2n) is 3.38. The average molecular weight is 95.1 g/mol. The zero-order chi connectivity index (χ0) is 4.65. The number of hydrogen-bond donors (Lipinski definition) is 1. The predicted molar refractivity (Wildman–Crippen MR) is 26.9 cm³/mol. The summed E-state index contributed by atoms with van der Waals surface area (Å²) in [7, 11) is 0. The summed E-state index contributed by atoms with van der Waals surface area (Å²) in [5.74, 6) is 3.39. The summed E-state index contributed by atoms with van der Waals surface area (Å²) in [6, 6.07) is 0. The highest BCUT2D eigenvalue weighted by Crippen LogP contribution is 2.78. The number of rotatable bonds is 0.